The van der Waals surface area contributed by atoms with Crippen molar-refractivity contribution in [3.8, 4) is 0 Å². The molecule has 58 heavy (non-hydrogen) atoms. The lowest BCUT2D eigenvalue weighted by Gasteiger charge is -2.30. The molecule has 0 spiro atoms. The summed E-state index contributed by atoms with van der Waals surface area (Å²) in [5.41, 5.74) is 5.87. The van der Waals surface area contributed by atoms with Crippen molar-refractivity contribution >= 4 is 69.4 Å². The van der Waals surface area contributed by atoms with Crippen molar-refractivity contribution in [3.05, 3.63) is 134 Å². The molecule has 6 rings (SSSR count). The summed E-state index contributed by atoms with van der Waals surface area (Å²) in [5, 5.41) is 8.50. The van der Waals surface area contributed by atoms with Crippen LogP contribution in [0.4, 0.5) is 54.8 Å². The zero-order valence-corrected chi connectivity index (χ0v) is 32.0. The van der Waals surface area contributed by atoms with Crippen LogP contribution in [0.1, 0.15) is 53.8 Å². The van der Waals surface area contributed by atoms with Gasteiger partial charge in [0.25, 0.3) is 17.7 Å². The summed E-state index contributed by atoms with van der Waals surface area (Å²) in [6.07, 6.45) is -9.16. The summed E-state index contributed by atoms with van der Waals surface area (Å²) in [4.78, 5) is 46.9. The van der Waals surface area contributed by atoms with E-state index >= 15 is 0 Å². The van der Waals surface area contributed by atoms with Gasteiger partial charge >= 0.3 is 12.4 Å². The molecular weight excluding hydrogens is 815 g/mol. The van der Waals surface area contributed by atoms with Gasteiger partial charge in [-0.25, -0.2) is 9.97 Å². The number of nitrogen functional groups attached to an aromatic ring is 1. The monoisotopic (exact) mass is 847 g/mol. The Labute approximate surface area is 337 Å². The number of aromatic nitrogens is 2. The molecule has 304 valence electrons. The number of nitrogens with one attached hydrogen (secondary N) is 3. The molecule has 0 saturated carbocycles. The molecular formula is C39H33Cl2F6N7O4. The molecule has 0 unspecified atom stereocenters. The fourth-order valence-electron chi connectivity index (χ4n) is 5.57. The van der Waals surface area contributed by atoms with E-state index in [-0.39, 0.29) is 44.8 Å². The molecule has 5 N–H and O–H groups in total. The second-order valence-corrected chi connectivity index (χ2v) is 13.4. The minimum atomic E-state index is -4.61. The van der Waals surface area contributed by atoms with E-state index in [1.165, 1.54) is 50.2 Å². The van der Waals surface area contributed by atoms with Crippen LogP contribution in [0.25, 0.3) is 0 Å². The molecule has 3 heterocycles. The van der Waals surface area contributed by atoms with Gasteiger partial charge in [0.15, 0.2) is 0 Å². The summed E-state index contributed by atoms with van der Waals surface area (Å²) in [6, 6.07) is 19.8. The van der Waals surface area contributed by atoms with Crippen LogP contribution in [0.2, 0.25) is 10.0 Å². The number of ether oxygens (including phenoxy) is 1. The maximum Gasteiger partial charge on any atom is 0.433 e. The van der Waals surface area contributed by atoms with E-state index < -0.39 is 35.6 Å². The number of rotatable bonds is 7. The standard InChI is InChI=1S/C25H22ClF3N4O3.C14H11ClF3N3O/c1-15-17(7-9-22(30-15)25(27,28)29)23(34)31-16-6-8-19(26)20(14-16)32-24(35)18-4-2-3-5-21(18)33-10-12-36-13-11-33;1-7-9(3-5-12(20-7)14(16,17)18)13(22)21-8-2-4-10(15)11(19)6-8/h2-9,14H,10-13H2,1H3,(H,31,34)(H,32,35);2-6H,19H2,1H3,(H,21,22). The highest BCUT2D eigenvalue weighted by Crippen LogP contribution is 2.31. The summed E-state index contributed by atoms with van der Waals surface area (Å²) in [5.74, 6) is -1.61. The van der Waals surface area contributed by atoms with Crippen LogP contribution >= 0.6 is 23.2 Å². The van der Waals surface area contributed by atoms with Gasteiger partial charge in [-0.1, -0.05) is 35.3 Å². The number of para-hydroxylation sites is 1. The number of carbonyl (C=O) groups is 3. The van der Waals surface area contributed by atoms with Gasteiger partial charge in [0, 0.05) is 30.2 Å². The summed E-state index contributed by atoms with van der Waals surface area (Å²) in [6.45, 7) is 5.11. The Bertz CT molecular complexity index is 2340. The molecule has 1 aliphatic heterocycles. The Hall–Kier alpha value is -5.91. The highest BCUT2D eigenvalue weighted by molar-refractivity contribution is 6.34. The molecule has 1 fully saturated rings. The first-order valence-electron chi connectivity index (χ1n) is 17.1. The molecule has 3 aromatic carbocycles. The highest BCUT2D eigenvalue weighted by Gasteiger charge is 2.34. The van der Waals surface area contributed by atoms with Crippen molar-refractivity contribution < 1.29 is 45.5 Å². The van der Waals surface area contributed by atoms with Gasteiger partial charge in [0.1, 0.15) is 11.4 Å². The lowest BCUT2D eigenvalue weighted by Crippen LogP contribution is -2.37. The Morgan fingerprint density at radius 2 is 1.14 bits per heavy atom. The van der Waals surface area contributed by atoms with Crippen LogP contribution in [0.15, 0.2) is 84.9 Å². The second kappa shape index (κ2) is 18.1. The van der Waals surface area contributed by atoms with Crippen LogP contribution in [0.3, 0.4) is 0 Å². The van der Waals surface area contributed by atoms with Crippen molar-refractivity contribution in [2.75, 3.05) is 52.9 Å². The maximum absolute atomic E-state index is 13.1. The van der Waals surface area contributed by atoms with Crippen molar-refractivity contribution in [1.29, 1.82) is 0 Å². The topological polar surface area (TPSA) is 152 Å². The average molecular weight is 849 g/mol. The molecule has 5 aromatic rings. The lowest BCUT2D eigenvalue weighted by molar-refractivity contribution is -0.142. The summed E-state index contributed by atoms with van der Waals surface area (Å²) < 4.78 is 81.6. The SMILES string of the molecule is Cc1nc(C(F)(F)F)ccc1C(=O)Nc1ccc(Cl)c(N)c1.Cc1nc(C(F)(F)F)ccc1C(=O)Nc1ccc(Cl)c(NC(=O)c2ccccc2N2CCOCC2)c1. The number of hydrogen-bond donors (Lipinski definition) is 4. The molecule has 3 amide bonds. The number of carbonyl (C=O) groups excluding carboxylic acids is 3. The van der Waals surface area contributed by atoms with E-state index in [2.05, 4.69) is 30.8 Å². The lowest BCUT2D eigenvalue weighted by atomic mass is 10.1. The molecule has 1 saturated heterocycles. The molecule has 0 bridgehead atoms. The third-order valence-corrected chi connectivity index (χ3v) is 9.14. The minimum Gasteiger partial charge on any atom is -0.397 e. The van der Waals surface area contributed by atoms with Gasteiger partial charge in [0.05, 0.1) is 62.7 Å². The smallest absolute Gasteiger partial charge is 0.397 e. The quantitative estimate of drug-likeness (QED) is 0.0935. The fraction of sp³-hybridized carbons (Fsp3) is 0.205. The van der Waals surface area contributed by atoms with Crippen LogP contribution in [0.5, 0.6) is 0 Å². The predicted molar refractivity (Wildman–Crippen MR) is 209 cm³/mol. The number of benzene rings is 3. The average Bonchev–Trinajstić information content (AvgIpc) is 3.17. The minimum absolute atomic E-state index is 0.0111. The van der Waals surface area contributed by atoms with Gasteiger partial charge in [-0.05, 0) is 86.6 Å². The van der Waals surface area contributed by atoms with Crippen LogP contribution < -0.4 is 26.6 Å². The van der Waals surface area contributed by atoms with Gasteiger partial charge in [-0.15, -0.1) is 0 Å². The van der Waals surface area contributed by atoms with E-state index in [1.54, 1.807) is 12.1 Å². The van der Waals surface area contributed by atoms with Crippen molar-refractivity contribution in [3.63, 3.8) is 0 Å². The number of amides is 3. The number of anilines is 5. The van der Waals surface area contributed by atoms with Crippen LogP contribution in [-0.4, -0.2) is 54.0 Å². The van der Waals surface area contributed by atoms with Gasteiger partial charge in [-0.3, -0.25) is 14.4 Å². The Morgan fingerprint density at radius 3 is 1.64 bits per heavy atom. The van der Waals surface area contributed by atoms with E-state index in [1.807, 2.05) is 12.1 Å². The third-order valence-electron chi connectivity index (χ3n) is 8.47. The summed E-state index contributed by atoms with van der Waals surface area (Å²) in [7, 11) is 0. The molecule has 0 atom stereocenters. The third kappa shape index (κ3) is 10.9. The Balaban J connectivity index is 0.000000249. The van der Waals surface area contributed by atoms with E-state index in [4.69, 9.17) is 33.7 Å². The van der Waals surface area contributed by atoms with Crippen molar-refractivity contribution in [2.45, 2.75) is 26.2 Å². The number of halogens is 8. The number of aryl methyl sites for hydroxylation is 2. The van der Waals surface area contributed by atoms with Crippen molar-refractivity contribution in [2.24, 2.45) is 0 Å². The first-order valence-corrected chi connectivity index (χ1v) is 17.9. The molecule has 1 aliphatic rings. The van der Waals surface area contributed by atoms with Gasteiger partial charge in [-0.2, -0.15) is 26.3 Å². The van der Waals surface area contributed by atoms with Crippen molar-refractivity contribution in [1.82, 2.24) is 9.97 Å². The van der Waals surface area contributed by atoms with Gasteiger partial charge in [0.2, 0.25) is 0 Å². The molecule has 11 nitrogen and oxygen atoms in total. The highest BCUT2D eigenvalue weighted by atomic mass is 35.5. The fourth-order valence-corrected chi connectivity index (χ4v) is 5.85. The first-order chi connectivity index (χ1) is 27.3. The Morgan fingerprint density at radius 1 is 0.655 bits per heavy atom. The van der Waals surface area contributed by atoms with Gasteiger partial charge < -0.3 is 31.3 Å². The number of hydrogen-bond acceptors (Lipinski definition) is 8. The number of morpholine rings is 1. The number of pyridine rings is 2. The molecule has 19 heteroatoms. The van der Waals surface area contributed by atoms with Crippen LogP contribution in [0, 0.1) is 13.8 Å². The predicted octanol–water partition coefficient (Wildman–Crippen LogP) is 9.30. The maximum atomic E-state index is 13.1. The largest absolute Gasteiger partial charge is 0.433 e. The zero-order chi connectivity index (χ0) is 42.4. The number of nitrogens with two attached hydrogens (primary N) is 1. The first kappa shape index (κ1) is 43.2. The number of nitrogens with zero attached hydrogens (tertiary/aromatic N) is 3. The number of alkyl halides is 6. The molecule has 0 aliphatic carbocycles. The zero-order valence-electron chi connectivity index (χ0n) is 30.5. The van der Waals surface area contributed by atoms with E-state index in [9.17, 15) is 40.7 Å². The summed E-state index contributed by atoms with van der Waals surface area (Å²) >= 11 is 12.0. The Kier molecular flexibility index (Phi) is 13.5. The van der Waals surface area contributed by atoms with E-state index in [0.717, 1.165) is 30.0 Å². The van der Waals surface area contributed by atoms with E-state index in [0.29, 0.717) is 48.3 Å². The van der Waals surface area contributed by atoms with Crippen LogP contribution in [-0.2, 0) is 17.1 Å². The molecule has 2 aromatic heterocycles. The normalized spacial score (nSPS) is 12.9. The molecule has 0 radical (unpaired) electrons. The second-order valence-electron chi connectivity index (χ2n) is 12.6.